The van der Waals surface area contributed by atoms with Crippen molar-refractivity contribution >= 4 is 34.7 Å². The van der Waals surface area contributed by atoms with Crippen LogP contribution in [0.1, 0.15) is 24.9 Å². The van der Waals surface area contributed by atoms with Gasteiger partial charge in [-0.2, -0.15) is 0 Å². The Bertz CT molecular complexity index is 1020. The lowest BCUT2D eigenvalue weighted by atomic mass is 9.74. The summed E-state index contributed by atoms with van der Waals surface area (Å²) in [7, 11) is 1.26. The molecule has 0 saturated carbocycles. The molecule has 0 amide bonds. The van der Waals surface area contributed by atoms with Crippen LogP contribution < -0.4 is 10.6 Å². The van der Waals surface area contributed by atoms with E-state index in [0.717, 1.165) is 5.69 Å². The number of Topliss-reactive ketones (excluding diaryl/α,β-unsaturated/α-hetero) is 1. The third-order valence-electron chi connectivity index (χ3n) is 5.51. The highest BCUT2D eigenvalue weighted by Gasteiger charge is 2.45. The fourth-order valence-electron chi connectivity index (χ4n) is 4.14. The number of ether oxygens (including phenoxy) is 1. The van der Waals surface area contributed by atoms with Crippen LogP contribution in [0.3, 0.4) is 0 Å². The predicted molar refractivity (Wildman–Crippen MR) is 109 cm³/mol. The van der Waals surface area contributed by atoms with Crippen molar-refractivity contribution in [2.75, 3.05) is 17.7 Å². The van der Waals surface area contributed by atoms with Gasteiger partial charge < -0.3 is 15.4 Å². The van der Waals surface area contributed by atoms with Crippen molar-refractivity contribution in [3.63, 3.8) is 0 Å². The molecule has 0 fully saturated rings. The fraction of sp³-hybridized carbons (Fsp3) is 0.273. The van der Waals surface area contributed by atoms with Gasteiger partial charge in [-0.25, -0.2) is 4.39 Å². The number of nitrogens with one attached hydrogen (secondary N) is 2. The molecule has 29 heavy (non-hydrogen) atoms. The molecular formula is C22H20ClFN2O3. The van der Waals surface area contributed by atoms with E-state index >= 15 is 0 Å². The summed E-state index contributed by atoms with van der Waals surface area (Å²) in [5.74, 6) is -2.71. The van der Waals surface area contributed by atoms with Crippen LogP contribution in [-0.2, 0) is 14.3 Å². The number of hydrogen-bond donors (Lipinski definition) is 2. The molecule has 2 aromatic rings. The maximum atomic E-state index is 14.9. The Balaban J connectivity index is 1.93. The van der Waals surface area contributed by atoms with E-state index in [-0.39, 0.29) is 22.3 Å². The smallest absolute Gasteiger partial charge is 0.316 e. The molecule has 0 spiro atoms. The minimum absolute atomic E-state index is 0.173. The van der Waals surface area contributed by atoms with Gasteiger partial charge in [-0.3, -0.25) is 9.59 Å². The van der Waals surface area contributed by atoms with E-state index in [2.05, 4.69) is 10.6 Å². The number of fused-ring (bicyclic) bond motifs is 1. The molecule has 1 heterocycles. The maximum Gasteiger partial charge on any atom is 0.316 e. The number of para-hydroxylation sites is 2. The molecule has 2 N–H and O–H groups in total. The second-order valence-electron chi connectivity index (χ2n) is 7.32. The van der Waals surface area contributed by atoms with Gasteiger partial charge in [0.05, 0.1) is 24.5 Å². The van der Waals surface area contributed by atoms with E-state index in [0.29, 0.717) is 23.4 Å². The summed E-state index contributed by atoms with van der Waals surface area (Å²) in [6, 6.07) is 11.0. The predicted octanol–water partition coefficient (Wildman–Crippen LogP) is 4.71. The van der Waals surface area contributed by atoms with E-state index < -0.39 is 23.7 Å². The molecule has 5 nitrogen and oxygen atoms in total. The fourth-order valence-corrected chi connectivity index (χ4v) is 4.41. The summed E-state index contributed by atoms with van der Waals surface area (Å²) in [6.45, 7) is 1.83. The van der Waals surface area contributed by atoms with Crippen molar-refractivity contribution in [3.05, 3.63) is 70.1 Å². The van der Waals surface area contributed by atoms with Crippen LogP contribution in [0.25, 0.3) is 0 Å². The van der Waals surface area contributed by atoms with Crippen molar-refractivity contribution < 1.29 is 18.7 Å². The number of esters is 1. The summed E-state index contributed by atoms with van der Waals surface area (Å²) < 4.78 is 19.7. The van der Waals surface area contributed by atoms with Crippen molar-refractivity contribution in [1.29, 1.82) is 0 Å². The van der Waals surface area contributed by atoms with Crippen LogP contribution in [-0.4, -0.2) is 18.9 Å². The number of benzene rings is 2. The third kappa shape index (κ3) is 3.27. The number of rotatable bonds is 2. The van der Waals surface area contributed by atoms with Crippen LogP contribution in [0.4, 0.5) is 15.8 Å². The Labute approximate surface area is 172 Å². The average Bonchev–Trinajstić information content (AvgIpc) is 2.84. The van der Waals surface area contributed by atoms with Gasteiger partial charge >= 0.3 is 5.97 Å². The number of anilines is 2. The summed E-state index contributed by atoms with van der Waals surface area (Å²) in [5, 5.41) is 6.78. The van der Waals surface area contributed by atoms with E-state index in [1.165, 1.54) is 19.2 Å². The molecule has 0 bridgehead atoms. The van der Waals surface area contributed by atoms with E-state index in [9.17, 15) is 14.0 Å². The molecule has 0 radical (unpaired) electrons. The van der Waals surface area contributed by atoms with Crippen molar-refractivity contribution in [1.82, 2.24) is 0 Å². The second-order valence-corrected chi connectivity index (χ2v) is 7.73. The summed E-state index contributed by atoms with van der Waals surface area (Å²) >= 11 is 6.35. The molecule has 3 atom stereocenters. The Hall–Kier alpha value is -2.86. The van der Waals surface area contributed by atoms with Crippen molar-refractivity contribution in [2.45, 2.75) is 19.4 Å². The number of methoxy groups -OCH3 is 1. The number of ketones is 1. The summed E-state index contributed by atoms with van der Waals surface area (Å²) in [4.78, 5) is 25.8. The van der Waals surface area contributed by atoms with Gasteiger partial charge in [0.15, 0.2) is 5.78 Å². The van der Waals surface area contributed by atoms with E-state index in [1.54, 1.807) is 6.07 Å². The van der Waals surface area contributed by atoms with Crippen LogP contribution in [0.15, 0.2) is 53.7 Å². The molecule has 150 valence electrons. The second kappa shape index (κ2) is 7.52. The highest BCUT2D eigenvalue weighted by molar-refractivity contribution is 6.31. The molecule has 7 heteroatoms. The highest BCUT2D eigenvalue weighted by Crippen LogP contribution is 2.45. The van der Waals surface area contributed by atoms with Crippen molar-refractivity contribution in [3.8, 4) is 0 Å². The lowest BCUT2D eigenvalue weighted by Gasteiger charge is -2.32. The number of carbonyl (C=O) groups excluding carboxylic acids is 2. The first-order valence-electron chi connectivity index (χ1n) is 9.34. The Morgan fingerprint density at radius 3 is 2.59 bits per heavy atom. The lowest BCUT2D eigenvalue weighted by molar-refractivity contribution is -0.151. The molecular weight excluding hydrogens is 395 g/mol. The summed E-state index contributed by atoms with van der Waals surface area (Å²) in [6.07, 6.45) is 0.444. The Morgan fingerprint density at radius 1 is 1.17 bits per heavy atom. The summed E-state index contributed by atoms with van der Waals surface area (Å²) in [5.41, 5.74) is 2.62. The molecule has 0 unspecified atom stereocenters. The topological polar surface area (TPSA) is 67.4 Å². The molecule has 0 aromatic heterocycles. The molecule has 2 aromatic carbocycles. The molecule has 0 saturated heterocycles. The highest BCUT2D eigenvalue weighted by atomic mass is 35.5. The van der Waals surface area contributed by atoms with E-state index in [4.69, 9.17) is 16.3 Å². The minimum Gasteiger partial charge on any atom is -0.468 e. The first kappa shape index (κ1) is 19.5. The first-order valence-corrected chi connectivity index (χ1v) is 9.71. The maximum absolute atomic E-state index is 14.9. The van der Waals surface area contributed by atoms with Crippen LogP contribution in [0.2, 0.25) is 5.02 Å². The number of allylic oxidation sites excluding steroid dienone is 1. The number of carbonyl (C=O) groups is 2. The zero-order valence-corrected chi connectivity index (χ0v) is 16.7. The standard InChI is InChI=1S/C22H20ClFN2O3/c1-11-10-16-19(21(27)17(11)22(28)29-2)20(18-12(23)6-5-7-13(18)24)26-15-9-4-3-8-14(15)25-16/h3-9,11,17,20,25-26H,10H2,1-2H3/t11-,17-,20+/m1/s1. The zero-order valence-electron chi connectivity index (χ0n) is 16.0. The average molecular weight is 415 g/mol. The van der Waals surface area contributed by atoms with Crippen LogP contribution in [0, 0.1) is 17.7 Å². The third-order valence-corrected chi connectivity index (χ3v) is 5.84. The largest absolute Gasteiger partial charge is 0.468 e. The number of hydrogen-bond acceptors (Lipinski definition) is 5. The number of halogens is 2. The van der Waals surface area contributed by atoms with Gasteiger partial charge in [0.25, 0.3) is 0 Å². The van der Waals surface area contributed by atoms with Crippen LogP contribution in [0.5, 0.6) is 0 Å². The van der Waals surface area contributed by atoms with Gasteiger partial charge in [0.1, 0.15) is 11.7 Å². The molecule has 4 rings (SSSR count). The van der Waals surface area contributed by atoms with Gasteiger partial charge in [0.2, 0.25) is 0 Å². The van der Waals surface area contributed by atoms with Crippen LogP contribution >= 0.6 is 11.6 Å². The van der Waals surface area contributed by atoms with Gasteiger partial charge in [-0.15, -0.1) is 0 Å². The Kier molecular flexibility index (Phi) is 5.04. The molecule has 2 aliphatic rings. The normalized spacial score (nSPS) is 23.3. The first-order chi connectivity index (χ1) is 13.9. The van der Waals surface area contributed by atoms with Gasteiger partial charge in [0, 0.05) is 21.9 Å². The molecule has 1 aliphatic heterocycles. The monoisotopic (exact) mass is 414 g/mol. The quantitative estimate of drug-likeness (QED) is 0.550. The van der Waals surface area contributed by atoms with Gasteiger partial charge in [-0.05, 0) is 36.6 Å². The zero-order chi connectivity index (χ0) is 20.7. The van der Waals surface area contributed by atoms with E-state index in [1.807, 2.05) is 31.2 Å². The minimum atomic E-state index is -0.948. The SMILES string of the molecule is COC(=O)[C@H]1C(=O)C2=C(C[C@H]1C)Nc1ccccc1N[C@H]2c1c(F)cccc1Cl. The molecule has 1 aliphatic carbocycles. The van der Waals surface area contributed by atoms with Gasteiger partial charge in [-0.1, -0.05) is 36.7 Å². The van der Waals surface area contributed by atoms with Crippen molar-refractivity contribution in [2.24, 2.45) is 11.8 Å². The Morgan fingerprint density at radius 2 is 1.90 bits per heavy atom. The lowest BCUT2D eigenvalue weighted by Crippen LogP contribution is -2.39.